The van der Waals surface area contributed by atoms with E-state index in [4.69, 9.17) is 19.4 Å². The van der Waals surface area contributed by atoms with Gasteiger partial charge in [0.15, 0.2) is 0 Å². The Labute approximate surface area is 357 Å². The number of methoxy groups -OCH3 is 2. The van der Waals surface area contributed by atoms with E-state index in [9.17, 15) is 19.2 Å². The van der Waals surface area contributed by atoms with E-state index in [0.29, 0.717) is 35.9 Å². The second-order valence-corrected chi connectivity index (χ2v) is 15.5. The maximum absolute atomic E-state index is 14.0. The van der Waals surface area contributed by atoms with Crippen molar-refractivity contribution in [1.29, 1.82) is 0 Å². The fourth-order valence-corrected chi connectivity index (χ4v) is 8.65. The lowest BCUT2D eigenvalue weighted by atomic mass is 10.0. The van der Waals surface area contributed by atoms with Crippen LogP contribution in [0.4, 0.5) is 9.59 Å². The zero-order valence-corrected chi connectivity index (χ0v) is 34.2. The van der Waals surface area contributed by atoms with Gasteiger partial charge in [0.05, 0.1) is 48.4 Å². The maximum atomic E-state index is 14.0. The van der Waals surface area contributed by atoms with Crippen LogP contribution in [0.25, 0.3) is 32.8 Å². The number of nitrogens with one attached hydrogen (secondary N) is 4. The van der Waals surface area contributed by atoms with Crippen molar-refractivity contribution in [1.82, 2.24) is 40.4 Å². The number of benzene rings is 5. The number of likely N-dealkylation sites (tertiary alicyclic amines) is 2. The molecule has 5 aromatic carbocycles. The Morgan fingerprint density at radius 3 is 1.76 bits per heavy atom. The van der Waals surface area contributed by atoms with Crippen molar-refractivity contribution in [3.8, 4) is 11.8 Å². The number of rotatable bonds is 8. The quantitative estimate of drug-likeness (QED) is 0.114. The van der Waals surface area contributed by atoms with Gasteiger partial charge in [0.25, 0.3) is 11.8 Å². The second kappa shape index (κ2) is 17.1. The number of carbonyl (C=O) groups excluding carboxylic acids is 4. The number of hydrogen-bond donors (Lipinski definition) is 4. The van der Waals surface area contributed by atoms with Crippen molar-refractivity contribution in [2.75, 3.05) is 27.3 Å². The van der Waals surface area contributed by atoms with Crippen LogP contribution in [0, 0.1) is 11.8 Å². The smallest absolute Gasteiger partial charge is 0.407 e. The number of aromatic amines is 2. The van der Waals surface area contributed by atoms with Gasteiger partial charge in [0, 0.05) is 29.6 Å². The zero-order valence-electron chi connectivity index (χ0n) is 34.2. The van der Waals surface area contributed by atoms with Gasteiger partial charge in [-0.25, -0.2) is 19.6 Å². The number of alkyl carbamates (subject to hydrolysis) is 2. The van der Waals surface area contributed by atoms with Gasteiger partial charge in [-0.2, -0.15) is 0 Å². The van der Waals surface area contributed by atoms with Crippen LogP contribution in [0.3, 0.4) is 0 Å². The summed E-state index contributed by atoms with van der Waals surface area (Å²) < 4.78 is 9.68. The second-order valence-electron chi connectivity index (χ2n) is 15.5. The van der Waals surface area contributed by atoms with Crippen LogP contribution in [0.15, 0.2) is 109 Å². The minimum atomic E-state index is -0.897. The van der Waals surface area contributed by atoms with Gasteiger partial charge in [-0.3, -0.25) is 9.59 Å². The molecule has 4 N–H and O–H groups in total. The molecule has 14 heteroatoms. The van der Waals surface area contributed by atoms with Gasteiger partial charge >= 0.3 is 12.2 Å². The molecule has 2 fully saturated rings. The summed E-state index contributed by atoms with van der Waals surface area (Å²) in [6.07, 6.45) is 1.72. The number of hydrogen-bond acceptors (Lipinski definition) is 8. The Kier molecular flexibility index (Phi) is 11.0. The summed E-state index contributed by atoms with van der Waals surface area (Å²) in [5, 5.41) is 7.38. The molecule has 0 unspecified atom stereocenters. The first kappa shape index (κ1) is 39.8. The van der Waals surface area contributed by atoms with E-state index in [1.54, 1.807) is 9.80 Å². The zero-order chi connectivity index (χ0) is 42.7. The molecule has 62 heavy (non-hydrogen) atoms. The van der Waals surface area contributed by atoms with Crippen molar-refractivity contribution in [2.45, 2.75) is 49.9 Å². The Morgan fingerprint density at radius 2 is 1.18 bits per heavy atom. The van der Waals surface area contributed by atoms with Gasteiger partial charge in [0.1, 0.15) is 23.7 Å². The first-order chi connectivity index (χ1) is 30.3. The lowest BCUT2D eigenvalue weighted by Gasteiger charge is -2.28. The van der Waals surface area contributed by atoms with Crippen LogP contribution in [0.2, 0.25) is 0 Å². The fraction of sp³-hybridized carbons (Fsp3) is 0.250. The highest BCUT2D eigenvalue weighted by Gasteiger charge is 2.38. The highest BCUT2D eigenvalue weighted by Crippen LogP contribution is 2.36. The molecule has 0 saturated carbocycles. The number of amides is 4. The number of imidazole rings is 2. The third-order valence-electron chi connectivity index (χ3n) is 11.7. The number of carbonyl (C=O) groups is 4. The maximum Gasteiger partial charge on any atom is 0.407 e. The predicted molar refractivity (Wildman–Crippen MR) is 232 cm³/mol. The third-order valence-corrected chi connectivity index (χ3v) is 11.7. The average molecular weight is 829 g/mol. The van der Waals surface area contributed by atoms with Crippen molar-refractivity contribution >= 4 is 56.8 Å². The minimum absolute atomic E-state index is 0.222. The van der Waals surface area contributed by atoms with Crippen molar-refractivity contribution < 1.29 is 28.7 Å². The Balaban J connectivity index is 0.927. The lowest BCUT2D eigenvalue weighted by molar-refractivity contribution is -0.135. The standard InChI is InChI=1S/C48H44N8O6/c1-61-47(59)53-40(31-11-5-3-6-12-31)45(57)55-25-9-15-38(55)43-49-35-23-20-30(28-37(35)51-43)18-17-29-19-22-34-33(27-29)21-24-36-42(34)52-44(50-36)39-16-10-26-56(39)46(58)41(54-48(60)62-2)32-13-7-4-8-14-32/h3-8,11-14,19-24,27-28,38-41H,9-10,15-16,25-26H2,1-2H3,(H,49,51)(H,50,52)(H,53,59)(H,54,60)/t38-,39-,40+,41+/m0/s1. The van der Waals surface area contributed by atoms with E-state index in [1.807, 2.05) is 109 Å². The first-order valence-electron chi connectivity index (χ1n) is 20.6. The molecule has 4 atom stereocenters. The number of aromatic nitrogens is 4. The van der Waals surface area contributed by atoms with Gasteiger partial charge in [-0.15, -0.1) is 0 Å². The lowest BCUT2D eigenvalue weighted by Crippen LogP contribution is -2.42. The van der Waals surface area contributed by atoms with Crippen molar-refractivity contribution in [2.24, 2.45) is 0 Å². The van der Waals surface area contributed by atoms with E-state index < -0.39 is 24.3 Å². The summed E-state index contributed by atoms with van der Waals surface area (Å²) in [5.74, 6) is 7.55. The molecule has 2 aliphatic rings. The molecule has 2 saturated heterocycles. The SMILES string of the molecule is COC(=O)N[C@@H](C(=O)N1CCC[C@H]1c1nc2ccc(C#Cc3ccc4c(ccc5[nH]c([C@@H]6CCCN6C(=O)[C@H](NC(=O)OC)c6ccccc6)nc54)c3)cc2[nH]1)c1ccccc1. The van der Waals surface area contributed by atoms with E-state index in [0.717, 1.165) is 69.6 Å². The highest BCUT2D eigenvalue weighted by atomic mass is 16.5. The molecule has 7 aromatic rings. The molecule has 312 valence electrons. The van der Waals surface area contributed by atoms with Crippen LogP contribution in [-0.2, 0) is 19.1 Å². The monoisotopic (exact) mass is 828 g/mol. The van der Waals surface area contributed by atoms with E-state index in [2.05, 4.69) is 32.4 Å². The summed E-state index contributed by atoms with van der Waals surface area (Å²) in [4.78, 5) is 72.9. The first-order valence-corrected chi connectivity index (χ1v) is 20.6. The van der Waals surface area contributed by atoms with Crippen LogP contribution in [0.1, 0.15) is 83.8 Å². The minimum Gasteiger partial charge on any atom is -0.453 e. The van der Waals surface area contributed by atoms with Gasteiger partial charge < -0.3 is 39.9 Å². The van der Waals surface area contributed by atoms with Gasteiger partial charge in [0.2, 0.25) is 0 Å². The van der Waals surface area contributed by atoms with Gasteiger partial charge in [-0.1, -0.05) is 84.6 Å². The molecular weight excluding hydrogens is 785 g/mol. The van der Waals surface area contributed by atoms with Crippen molar-refractivity contribution in [3.63, 3.8) is 0 Å². The highest BCUT2D eigenvalue weighted by molar-refractivity contribution is 6.04. The Hall–Kier alpha value is -7.66. The molecule has 0 aliphatic carbocycles. The molecule has 2 aromatic heterocycles. The van der Waals surface area contributed by atoms with E-state index in [-0.39, 0.29) is 23.9 Å². The van der Waals surface area contributed by atoms with E-state index in [1.165, 1.54) is 14.2 Å². The summed E-state index contributed by atoms with van der Waals surface area (Å²) in [5.41, 5.74) is 6.23. The topological polar surface area (TPSA) is 175 Å². The molecular formula is C48H44N8O6. The number of nitrogens with zero attached hydrogens (tertiary/aromatic N) is 4. The molecule has 0 radical (unpaired) electrons. The van der Waals surface area contributed by atoms with Crippen LogP contribution in [0.5, 0.6) is 0 Å². The van der Waals surface area contributed by atoms with Crippen LogP contribution >= 0.6 is 0 Å². The Morgan fingerprint density at radius 1 is 0.645 bits per heavy atom. The summed E-state index contributed by atoms with van der Waals surface area (Å²) in [7, 11) is 2.56. The van der Waals surface area contributed by atoms with Gasteiger partial charge in [-0.05, 0) is 78.6 Å². The third kappa shape index (κ3) is 7.88. The number of H-pyrrole nitrogens is 2. The summed E-state index contributed by atoms with van der Waals surface area (Å²) in [6, 6.07) is 31.9. The molecule has 2 aliphatic heterocycles. The normalized spacial score (nSPS) is 17.1. The molecule has 0 bridgehead atoms. The molecule has 0 spiro atoms. The summed E-state index contributed by atoms with van der Waals surface area (Å²) in [6.45, 7) is 1.08. The molecule has 4 heterocycles. The largest absolute Gasteiger partial charge is 0.453 e. The fourth-order valence-electron chi connectivity index (χ4n) is 8.65. The molecule has 9 rings (SSSR count). The average Bonchev–Trinajstić information content (AvgIpc) is 4.15. The van der Waals surface area contributed by atoms with E-state index >= 15 is 0 Å². The van der Waals surface area contributed by atoms with Crippen LogP contribution < -0.4 is 10.6 Å². The van der Waals surface area contributed by atoms with Crippen molar-refractivity contribution in [3.05, 3.63) is 143 Å². The Bertz CT molecular complexity index is 2880. The molecule has 4 amide bonds. The number of ether oxygens (including phenoxy) is 2. The predicted octanol–water partition coefficient (Wildman–Crippen LogP) is 7.51. The van der Waals surface area contributed by atoms with Crippen LogP contribution in [-0.4, -0.2) is 81.0 Å². The summed E-state index contributed by atoms with van der Waals surface area (Å²) >= 11 is 0. The number of fused-ring (bicyclic) bond motifs is 4. The molecule has 14 nitrogen and oxygen atoms in total.